The maximum absolute atomic E-state index is 13.4. The third-order valence-corrected chi connectivity index (χ3v) is 8.01. The van der Waals surface area contributed by atoms with E-state index in [1.54, 1.807) is 11.8 Å². The summed E-state index contributed by atoms with van der Waals surface area (Å²) in [5.74, 6) is 1.71. The molecule has 6 rings (SSSR count). The standard InChI is InChI=1S/C29H29N3O3S/c1-2-5-23-22-6-3-4-7-27(22)36-28-11-9-21(17-24(28)30-23)29(33)32-14-12-31(13-15-32)18-20-8-10-25-26(16-20)35-19-34-25/h3-4,6-11,16-17H,2,5,12-15,18-19H2,1H3. The minimum atomic E-state index is 0.0829. The zero-order valence-electron chi connectivity index (χ0n) is 20.4. The first-order chi connectivity index (χ1) is 17.7. The Hall–Kier alpha value is -3.29. The third-order valence-electron chi connectivity index (χ3n) is 6.87. The Morgan fingerprint density at radius 1 is 0.944 bits per heavy atom. The second-order valence-electron chi connectivity index (χ2n) is 9.35. The fraction of sp³-hybridized carbons (Fsp3) is 0.310. The first-order valence-corrected chi connectivity index (χ1v) is 13.4. The molecular weight excluding hydrogens is 470 g/mol. The number of amides is 1. The Morgan fingerprint density at radius 3 is 2.64 bits per heavy atom. The van der Waals surface area contributed by atoms with Gasteiger partial charge in [-0.15, -0.1) is 0 Å². The summed E-state index contributed by atoms with van der Waals surface area (Å²) in [6.07, 6.45) is 1.95. The van der Waals surface area contributed by atoms with Gasteiger partial charge >= 0.3 is 0 Å². The molecule has 6 nitrogen and oxygen atoms in total. The lowest BCUT2D eigenvalue weighted by Crippen LogP contribution is -2.48. The molecule has 0 bridgehead atoms. The molecule has 1 saturated heterocycles. The molecule has 0 N–H and O–H groups in total. The number of aliphatic imine (C=N–C) groups is 1. The summed E-state index contributed by atoms with van der Waals surface area (Å²) in [5, 5.41) is 0. The molecule has 3 aliphatic heterocycles. The number of hydrogen-bond acceptors (Lipinski definition) is 6. The monoisotopic (exact) mass is 499 g/mol. The molecular formula is C29H29N3O3S. The van der Waals surface area contributed by atoms with Crippen LogP contribution in [0.15, 0.2) is 75.4 Å². The number of hydrogen-bond donors (Lipinski definition) is 0. The molecule has 36 heavy (non-hydrogen) atoms. The van der Waals surface area contributed by atoms with Crippen molar-refractivity contribution >= 4 is 29.1 Å². The number of carbonyl (C=O) groups is 1. The van der Waals surface area contributed by atoms with Crippen molar-refractivity contribution in [2.75, 3.05) is 33.0 Å². The maximum atomic E-state index is 13.4. The van der Waals surface area contributed by atoms with Crippen LogP contribution < -0.4 is 9.47 Å². The largest absolute Gasteiger partial charge is 0.454 e. The zero-order valence-corrected chi connectivity index (χ0v) is 21.2. The molecule has 0 saturated carbocycles. The van der Waals surface area contributed by atoms with E-state index in [9.17, 15) is 4.79 Å². The van der Waals surface area contributed by atoms with Crippen molar-refractivity contribution in [3.8, 4) is 11.5 Å². The summed E-state index contributed by atoms with van der Waals surface area (Å²) in [6, 6.07) is 20.6. The highest BCUT2D eigenvalue weighted by atomic mass is 32.2. The molecule has 0 aromatic heterocycles. The number of nitrogens with zero attached hydrogens (tertiary/aromatic N) is 3. The summed E-state index contributed by atoms with van der Waals surface area (Å²) in [4.78, 5) is 25.1. The number of fused-ring (bicyclic) bond motifs is 3. The maximum Gasteiger partial charge on any atom is 0.254 e. The molecule has 7 heteroatoms. The van der Waals surface area contributed by atoms with Gasteiger partial charge in [0.25, 0.3) is 5.91 Å². The van der Waals surface area contributed by atoms with Gasteiger partial charge in [-0.05, 0) is 48.4 Å². The lowest BCUT2D eigenvalue weighted by molar-refractivity contribution is 0.0628. The SMILES string of the molecule is CCCC1=Nc2cc(C(=O)N3CCN(Cc4ccc5c(c4)OCO5)CC3)ccc2Sc2ccccc21. The van der Waals surface area contributed by atoms with Crippen molar-refractivity contribution in [3.63, 3.8) is 0 Å². The molecule has 3 heterocycles. The van der Waals surface area contributed by atoms with Crippen LogP contribution in [0.1, 0.15) is 41.3 Å². The van der Waals surface area contributed by atoms with E-state index in [4.69, 9.17) is 14.5 Å². The third kappa shape index (κ3) is 4.61. The molecule has 3 aromatic rings. The van der Waals surface area contributed by atoms with Crippen LogP contribution in [0.3, 0.4) is 0 Å². The smallest absolute Gasteiger partial charge is 0.254 e. The van der Waals surface area contributed by atoms with Crippen molar-refractivity contribution in [1.29, 1.82) is 0 Å². The van der Waals surface area contributed by atoms with Gasteiger partial charge in [0.15, 0.2) is 11.5 Å². The highest BCUT2D eigenvalue weighted by molar-refractivity contribution is 7.99. The van der Waals surface area contributed by atoms with E-state index >= 15 is 0 Å². The van der Waals surface area contributed by atoms with Crippen molar-refractivity contribution in [2.24, 2.45) is 4.99 Å². The Labute approximate surface area is 215 Å². The van der Waals surface area contributed by atoms with Crippen LogP contribution in [0.4, 0.5) is 5.69 Å². The minimum Gasteiger partial charge on any atom is -0.454 e. The Balaban J connectivity index is 1.14. The van der Waals surface area contributed by atoms with Crippen LogP contribution in [0, 0.1) is 0 Å². The van der Waals surface area contributed by atoms with E-state index in [1.807, 2.05) is 23.1 Å². The lowest BCUT2D eigenvalue weighted by Gasteiger charge is -2.35. The van der Waals surface area contributed by atoms with Gasteiger partial charge in [0.2, 0.25) is 6.79 Å². The van der Waals surface area contributed by atoms with E-state index in [0.29, 0.717) is 25.4 Å². The molecule has 0 unspecified atom stereocenters. The van der Waals surface area contributed by atoms with Crippen LogP contribution >= 0.6 is 11.8 Å². The van der Waals surface area contributed by atoms with Gasteiger partial charge in [0, 0.05) is 59.4 Å². The van der Waals surface area contributed by atoms with Crippen LogP contribution in [0.2, 0.25) is 0 Å². The Kier molecular flexibility index (Phi) is 6.42. The minimum absolute atomic E-state index is 0.0829. The number of carbonyl (C=O) groups excluding carboxylic acids is 1. The van der Waals surface area contributed by atoms with Crippen molar-refractivity contribution < 1.29 is 14.3 Å². The summed E-state index contributed by atoms with van der Waals surface area (Å²) in [7, 11) is 0. The summed E-state index contributed by atoms with van der Waals surface area (Å²) < 4.78 is 10.9. The second-order valence-corrected chi connectivity index (χ2v) is 10.4. The van der Waals surface area contributed by atoms with Gasteiger partial charge in [-0.3, -0.25) is 14.7 Å². The summed E-state index contributed by atoms with van der Waals surface area (Å²) in [5.41, 5.74) is 5.10. The van der Waals surface area contributed by atoms with Crippen LogP contribution in [0.5, 0.6) is 11.5 Å². The van der Waals surface area contributed by atoms with Gasteiger partial charge in [-0.2, -0.15) is 0 Å². The van der Waals surface area contributed by atoms with Crippen LogP contribution in [-0.2, 0) is 6.54 Å². The Bertz CT molecular complexity index is 1330. The van der Waals surface area contributed by atoms with E-state index in [0.717, 1.165) is 60.3 Å². The fourth-order valence-electron chi connectivity index (χ4n) is 4.96. The normalized spacial score (nSPS) is 16.7. The van der Waals surface area contributed by atoms with Crippen molar-refractivity contribution in [3.05, 3.63) is 77.4 Å². The van der Waals surface area contributed by atoms with E-state index in [2.05, 4.69) is 54.3 Å². The second kappa shape index (κ2) is 9.99. The van der Waals surface area contributed by atoms with Crippen molar-refractivity contribution in [2.45, 2.75) is 36.1 Å². The molecule has 184 valence electrons. The first-order valence-electron chi connectivity index (χ1n) is 12.6. The molecule has 0 aliphatic carbocycles. The first kappa shape index (κ1) is 23.1. The van der Waals surface area contributed by atoms with Gasteiger partial charge in [-0.25, -0.2) is 0 Å². The van der Waals surface area contributed by atoms with Gasteiger partial charge < -0.3 is 14.4 Å². The predicted octanol–water partition coefficient (Wildman–Crippen LogP) is 5.76. The number of ether oxygens (including phenoxy) is 2. The molecule has 3 aliphatic rings. The molecule has 3 aromatic carbocycles. The lowest BCUT2D eigenvalue weighted by atomic mass is 10.1. The van der Waals surface area contributed by atoms with Gasteiger partial charge in [-0.1, -0.05) is 49.4 Å². The molecule has 1 amide bonds. The number of benzene rings is 3. The quantitative estimate of drug-likeness (QED) is 0.447. The molecule has 0 radical (unpaired) electrons. The molecule has 0 atom stereocenters. The van der Waals surface area contributed by atoms with Crippen LogP contribution in [-0.4, -0.2) is 54.4 Å². The molecule has 1 fully saturated rings. The van der Waals surface area contributed by atoms with Gasteiger partial charge in [0.1, 0.15) is 0 Å². The number of piperazine rings is 1. The average Bonchev–Trinajstić information content (AvgIpc) is 3.31. The zero-order chi connectivity index (χ0) is 24.5. The topological polar surface area (TPSA) is 54.4 Å². The van der Waals surface area contributed by atoms with Crippen molar-refractivity contribution in [1.82, 2.24) is 9.80 Å². The highest BCUT2D eigenvalue weighted by Crippen LogP contribution is 2.41. The highest BCUT2D eigenvalue weighted by Gasteiger charge is 2.24. The fourth-order valence-corrected chi connectivity index (χ4v) is 5.98. The summed E-state index contributed by atoms with van der Waals surface area (Å²) >= 11 is 1.73. The number of rotatable bonds is 5. The van der Waals surface area contributed by atoms with E-state index < -0.39 is 0 Å². The van der Waals surface area contributed by atoms with E-state index in [1.165, 1.54) is 16.0 Å². The van der Waals surface area contributed by atoms with E-state index in [-0.39, 0.29) is 5.91 Å². The van der Waals surface area contributed by atoms with Gasteiger partial charge in [0.05, 0.1) is 5.69 Å². The van der Waals surface area contributed by atoms with Crippen LogP contribution in [0.25, 0.3) is 0 Å². The average molecular weight is 500 g/mol. The Morgan fingerprint density at radius 2 is 1.78 bits per heavy atom. The molecule has 0 spiro atoms. The predicted molar refractivity (Wildman–Crippen MR) is 142 cm³/mol. The summed E-state index contributed by atoms with van der Waals surface area (Å²) in [6.45, 7) is 6.42.